The highest BCUT2D eigenvalue weighted by atomic mass is 32.2. The summed E-state index contributed by atoms with van der Waals surface area (Å²) in [5.41, 5.74) is 1.77. The minimum absolute atomic E-state index is 0.404. The normalized spacial score (nSPS) is 12.2. The molecule has 2 N–H and O–H groups in total. The van der Waals surface area contributed by atoms with Crippen LogP contribution in [-0.2, 0) is 4.79 Å². The van der Waals surface area contributed by atoms with Gasteiger partial charge in [-0.2, -0.15) is 4.98 Å². The lowest BCUT2D eigenvalue weighted by Gasteiger charge is -2.08. The molecule has 0 saturated carbocycles. The van der Waals surface area contributed by atoms with Crippen molar-refractivity contribution in [3.8, 4) is 0 Å². The molecule has 3 amide bonds. The Morgan fingerprint density at radius 2 is 2.05 bits per heavy atom. The van der Waals surface area contributed by atoms with E-state index in [0.717, 1.165) is 11.4 Å². The van der Waals surface area contributed by atoms with E-state index in [4.69, 9.17) is 0 Å². The highest BCUT2D eigenvalue weighted by Crippen LogP contribution is 2.20. The van der Waals surface area contributed by atoms with E-state index in [9.17, 15) is 9.59 Å². The highest BCUT2D eigenvalue weighted by molar-refractivity contribution is 8.00. The van der Waals surface area contributed by atoms with E-state index in [1.165, 1.54) is 18.8 Å². The number of imide groups is 1. The topological polar surface area (TPSA) is 101 Å². The lowest BCUT2D eigenvalue weighted by Crippen LogP contribution is -2.41. The summed E-state index contributed by atoms with van der Waals surface area (Å²) in [5.74, 6) is 0.0907. The molecule has 112 valence electrons. The summed E-state index contributed by atoms with van der Waals surface area (Å²) in [6.45, 7) is 5.47. The summed E-state index contributed by atoms with van der Waals surface area (Å²) in [7, 11) is 1.45. The summed E-state index contributed by atoms with van der Waals surface area (Å²) in [6, 6.07) is 1.36. The third-order valence-corrected chi connectivity index (χ3v) is 3.67. The Balaban J connectivity index is 2.14. The molecule has 0 radical (unpaired) electrons. The van der Waals surface area contributed by atoms with E-state index in [-0.39, 0.29) is 0 Å². The van der Waals surface area contributed by atoms with Crippen molar-refractivity contribution >= 4 is 29.5 Å². The number of thioether (sulfide) groups is 1. The van der Waals surface area contributed by atoms with Crippen molar-refractivity contribution in [2.45, 2.75) is 31.2 Å². The fourth-order valence-corrected chi connectivity index (χ4v) is 2.43. The first-order valence-corrected chi connectivity index (χ1v) is 7.19. The van der Waals surface area contributed by atoms with Crippen LogP contribution in [0.5, 0.6) is 0 Å². The molecule has 2 rings (SSSR count). The Hall–Kier alpha value is -2.16. The number of hydrogen-bond donors (Lipinski definition) is 2. The molecule has 8 nitrogen and oxygen atoms in total. The maximum Gasteiger partial charge on any atom is 0.321 e. The van der Waals surface area contributed by atoms with Crippen molar-refractivity contribution in [3.63, 3.8) is 0 Å². The molecule has 0 unspecified atom stereocenters. The lowest BCUT2D eigenvalue weighted by molar-refractivity contribution is -0.119. The zero-order chi connectivity index (χ0) is 15.6. The number of aryl methyl sites for hydroxylation is 2. The van der Waals surface area contributed by atoms with Crippen LogP contribution in [0.3, 0.4) is 0 Å². The second kappa shape index (κ2) is 6.08. The van der Waals surface area contributed by atoms with Gasteiger partial charge in [0.2, 0.25) is 11.1 Å². The molecule has 0 spiro atoms. The van der Waals surface area contributed by atoms with Crippen LogP contribution in [-0.4, -0.2) is 43.8 Å². The van der Waals surface area contributed by atoms with Gasteiger partial charge in [-0.05, 0) is 26.8 Å². The number of hydrogen-bond acceptors (Lipinski definition) is 6. The summed E-state index contributed by atoms with van der Waals surface area (Å²) in [5, 5.41) is 8.78. The molecule has 0 aliphatic carbocycles. The van der Waals surface area contributed by atoms with E-state index in [1.807, 2.05) is 19.9 Å². The van der Waals surface area contributed by atoms with Crippen LogP contribution in [0.1, 0.15) is 18.3 Å². The van der Waals surface area contributed by atoms with Gasteiger partial charge < -0.3 is 5.32 Å². The molecule has 2 aromatic heterocycles. The first kappa shape index (κ1) is 15.2. The SMILES string of the molecule is CNC(=O)NC(=O)[C@H](C)Sc1nc2nc(C)cc(C)n2n1. The Bertz CT molecular complexity index is 698. The van der Waals surface area contributed by atoms with E-state index >= 15 is 0 Å². The summed E-state index contributed by atoms with van der Waals surface area (Å²) in [4.78, 5) is 31.4. The Labute approximate surface area is 125 Å². The number of nitrogens with zero attached hydrogens (tertiary/aromatic N) is 4. The number of urea groups is 1. The van der Waals surface area contributed by atoms with E-state index in [0.29, 0.717) is 10.9 Å². The quantitative estimate of drug-likeness (QED) is 0.809. The Morgan fingerprint density at radius 1 is 1.33 bits per heavy atom. The van der Waals surface area contributed by atoms with Gasteiger partial charge in [0.15, 0.2) is 0 Å². The van der Waals surface area contributed by atoms with E-state index in [1.54, 1.807) is 11.4 Å². The monoisotopic (exact) mass is 308 g/mol. The maximum absolute atomic E-state index is 11.8. The highest BCUT2D eigenvalue weighted by Gasteiger charge is 2.19. The van der Waals surface area contributed by atoms with E-state index in [2.05, 4.69) is 25.7 Å². The lowest BCUT2D eigenvalue weighted by atomic mass is 10.4. The Kier molecular flexibility index (Phi) is 4.41. The molecule has 0 aliphatic rings. The van der Waals surface area contributed by atoms with Crippen LogP contribution < -0.4 is 10.6 Å². The first-order chi connectivity index (χ1) is 9.90. The number of carbonyl (C=O) groups excluding carboxylic acids is 2. The van der Waals surface area contributed by atoms with Gasteiger partial charge in [0.1, 0.15) is 0 Å². The molecule has 0 aromatic carbocycles. The van der Waals surface area contributed by atoms with Gasteiger partial charge in [-0.15, -0.1) is 5.10 Å². The van der Waals surface area contributed by atoms with Crippen LogP contribution in [0.15, 0.2) is 11.2 Å². The third-order valence-electron chi connectivity index (χ3n) is 2.71. The average molecular weight is 308 g/mol. The van der Waals surface area contributed by atoms with Gasteiger partial charge in [-0.25, -0.2) is 14.3 Å². The van der Waals surface area contributed by atoms with Crippen molar-refractivity contribution in [3.05, 3.63) is 17.5 Å². The van der Waals surface area contributed by atoms with Crippen molar-refractivity contribution < 1.29 is 9.59 Å². The molecular formula is C12H16N6O2S. The number of rotatable bonds is 3. The molecule has 0 bridgehead atoms. The minimum Gasteiger partial charge on any atom is -0.341 e. The molecule has 9 heteroatoms. The fraction of sp³-hybridized carbons (Fsp3) is 0.417. The van der Waals surface area contributed by atoms with Gasteiger partial charge >= 0.3 is 6.03 Å². The average Bonchev–Trinajstić information content (AvgIpc) is 2.81. The molecule has 2 heterocycles. The van der Waals surface area contributed by atoms with Gasteiger partial charge in [-0.1, -0.05) is 11.8 Å². The van der Waals surface area contributed by atoms with Crippen molar-refractivity contribution in [2.24, 2.45) is 0 Å². The molecule has 21 heavy (non-hydrogen) atoms. The number of carbonyl (C=O) groups is 2. The largest absolute Gasteiger partial charge is 0.341 e. The third kappa shape index (κ3) is 3.48. The van der Waals surface area contributed by atoms with Crippen LogP contribution in [0.2, 0.25) is 0 Å². The van der Waals surface area contributed by atoms with Gasteiger partial charge in [0.05, 0.1) is 5.25 Å². The number of aromatic nitrogens is 4. The second-order valence-electron chi connectivity index (χ2n) is 4.47. The van der Waals surface area contributed by atoms with E-state index < -0.39 is 17.2 Å². The smallest absolute Gasteiger partial charge is 0.321 e. The maximum atomic E-state index is 11.8. The fourth-order valence-electron chi connectivity index (χ4n) is 1.69. The molecule has 0 fully saturated rings. The number of fused-ring (bicyclic) bond motifs is 1. The van der Waals surface area contributed by atoms with Crippen LogP contribution >= 0.6 is 11.8 Å². The molecule has 0 aliphatic heterocycles. The Morgan fingerprint density at radius 3 is 2.71 bits per heavy atom. The molecular weight excluding hydrogens is 292 g/mol. The van der Waals surface area contributed by atoms with Gasteiger partial charge in [0.25, 0.3) is 5.78 Å². The van der Waals surface area contributed by atoms with Crippen LogP contribution in [0.4, 0.5) is 4.79 Å². The standard InChI is InChI=1S/C12H16N6O2S/c1-6-5-7(2)18-10(14-6)16-12(17-18)21-8(3)9(19)15-11(20)13-4/h5,8H,1-4H3,(H2,13,15,19,20)/t8-/m0/s1. The second-order valence-corrected chi connectivity index (χ2v) is 5.78. The molecule has 0 saturated heterocycles. The van der Waals surface area contributed by atoms with Crippen LogP contribution in [0, 0.1) is 13.8 Å². The van der Waals surface area contributed by atoms with Gasteiger partial charge in [-0.3, -0.25) is 10.1 Å². The van der Waals surface area contributed by atoms with Gasteiger partial charge in [0, 0.05) is 18.4 Å². The summed E-state index contributed by atoms with van der Waals surface area (Å²) in [6.07, 6.45) is 0. The predicted molar refractivity (Wildman–Crippen MR) is 78.2 cm³/mol. The van der Waals surface area contributed by atoms with Crippen LogP contribution in [0.25, 0.3) is 5.78 Å². The minimum atomic E-state index is -0.538. The van der Waals surface area contributed by atoms with Crippen molar-refractivity contribution in [1.82, 2.24) is 30.2 Å². The summed E-state index contributed by atoms with van der Waals surface area (Å²) >= 11 is 1.17. The zero-order valence-electron chi connectivity index (χ0n) is 12.2. The number of nitrogens with one attached hydrogen (secondary N) is 2. The molecule has 1 atom stereocenters. The predicted octanol–water partition coefficient (Wildman–Crippen LogP) is 0.677. The van der Waals surface area contributed by atoms with Crippen molar-refractivity contribution in [2.75, 3.05) is 7.05 Å². The number of amides is 3. The first-order valence-electron chi connectivity index (χ1n) is 6.31. The zero-order valence-corrected chi connectivity index (χ0v) is 13.0. The molecule has 2 aromatic rings. The van der Waals surface area contributed by atoms with Crippen molar-refractivity contribution in [1.29, 1.82) is 0 Å². The summed E-state index contributed by atoms with van der Waals surface area (Å²) < 4.78 is 1.62.